The minimum atomic E-state index is -0.512. The van der Waals surface area contributed by atoms with Gasteiger partial charge >= 0.3 is 6.03 Å². The molecule has 0 bridgehead atoms. The van der Waals surface area contributed by atoms with Crippen LogP contribution in [0.3, 0.4) is 0 Å². The average molecular weight is 267 g/mol. The molecule has 0 aromatic heterocycles. The van der Waals surface area contributed by atoms with Crippen molar-refractivity contribution in [2.45, 2.75) is 26.3 Å². The summed E-state index contributed by atoms with van der Waals surface area (Å²) in [7, 11) is 0. The van der Waals surface area contributed by atoms with E-state index < -0.39 is 5.54 Å². The Morgan fingerprint density at radius 1 is 1.22 bits per heavy atom. The van der Waals surface area contributed by atoms with Crippen LogP contribution >= 0.6 is 11.6 Å². The molecule has 18 heavy (non-hydrogen) atoms. The molecule has 1 aliphatic heterocycles. The summed E-state index contributed by atoms with van der Waals surface area (Å²) < 4.78 is 0. The van der Waals surface area contributed by atoms with Gasteiger partial charge in [-0.3, -0.25) is 14.6 Å². The number of carbonyl (C=O) groups is 2. The number of rotatable bonds is 1. The van der Waals surface area contributed by atoms with E-state index in [4.69, 9.17) is 11.6 Å². The van der Waals surface area contributed by atoms with E-state index in [1.54, 1.807) is 24.3 Å². The monoisotopic (exact) mass is 266 g/mol. The van der Waals surface area contributed by atoms with Crippen molar-refractivity contribution in [3.8, 4) is 0 Å². The molecule has 0 atom stereocenters. The van der Waals surface area contributed by atoms with Crippen LogP contribution in [0.25, 0.3) is 0 Å². The Morgan fingerprint density at radius 3 is 2.39 bits per heavy atom. The number of nitrogens with zero attached hydrogens (tertiary/aromatic N) is 2. The molecule has 1 heterocycles. The highest BCUT2D eigenvalue weighted by Gasteiger charge is 2.42. The molecule has 96 valence electrons. The highest BCUT2D eigenvalue weighted by atomic mass is 35.5. The van der Waals surface area contributed by atoms with Gasteiger partial charge in [-0.1, -0.05) is 17.7 Å². The Morgan fingerprint density at radius 2 is 1.89 bits per heavy atom. The Hall–Kier alpha value is -1.55. The lowest BCUT2D eigenvalue weighted by Gasteiger charge is -2.29. The summed E-state index contributed by atoms with van der Waals surface area (Å²) in [5, 5.41) is 0.543. The molecule has 0 radical (unpaired) electrons. The predicted octanol–water partition coefficient (Wildman–Crippen LogP) is 2.91. The van der Waals surface area contributed by atoms with Crippen LogP contribution in [0.5, 0.6) is 0 Å². The zero-order valence-electron chi connectivity index (χ0n) is 10.6. The molecule has 1 aromatic carbocycles. The third-order valence-corrected chi connectivity index (χ3v) is 2.99. The maximum absolute atomic E-state index is 12.3. The number of imide groups is 1. The van der Waals surface area contributed by atoms with Crippen LogP contribution < -0.4 is 4.90 Å². The van der Waals surface area contributed by atoms with E-state index in [9.17, 15) is 9.59 Å². The van der Waals surface area contributed by atoms with Gasteiger partial charge in [-0.25, -0.2) is 4.79 Å². The van der Waals surface area contributed by atoms with Gasteiger partial charge in [0, 0.05) is 16.2 Å². The third kappa shape index (κ3) is 2.20. The molecule has 4 nitrogen and oxygen atoms in total. The maximum Gasteiger partial charge on any atom is 0.332 e. The largest absolute Gasteiger partial charge is 0.332 e. The molecule has 0 unspecified atom stereocenters. The van der Waals surface area contributed by atoms with Crippen LogP contribution in [-0.2, 0) is 4.79 Å². The smallest absolute Gasteiger partial charge is 0.284 e. The number of benzene rings is 1. The molecule has 0 saturated carbocycles. The van der Waals surface area contributed by atoms with Crippen molar-refractivity contribution in [2.24, 2.45) is 0 Å². The summed E-state index contributed by atoms with van der Waals surface area (Å²) in [6, 6.07) is 6.64. The number of carbonyl (C=O) groups excluding carboxylic acids is 2. The highest BCUT2D eigenvalue weighted by molar-refractivity contribution is 6.31. The van der Waals surface area contributed by atoms with Crippen LogP contribution in [0.2, 0.25) is 5.02 Å². The Balaban J connectivity index is 2.34. The molecule has 1 saturated heterocycles. The van der Waals surface area contributed by atoms with Gasteiger partial charge < -0.3 is 0 Å². The maximum atomic E-state index is 12.3. The lowest BCUT2D eigenvalue weighted by molar-refractivity contribution is -0.128. The van der Waals surface area contributed by atoms with Gasteiger partial charge in [0.05, 0.1) is 0 Å². The van der Waals surface area contributed by atoms with Gasteiger partial charge in [-0.15, -0.1) is 0 Å². The number of urea groups is 1. The molecular weight excluding hydrogens is 252 g/mol. The molecule has 1 aliphatic rings. The number of anilines is 1. The normalized spacial score (nSPS) is 16.7. The number of halogens is 1. The fraction of sp³-hybridized carbons (Fsp3) is 0.385. The lowest BCUT2D eigenvalue weighted by atomic mass is 10.1. The zero-order chi connectivity index (χ0) is 13.5. The van der Waals surface area contributed by atoms with Gasteiger partial charge in [-0.05, 0) is 39.0 Å². The quantitative estimate of drug-likeness (QED) is 0.734. The lowest BCUT2D eigenvalue weighted by Crippen LogP contribution is -2.46. The number of hydrogen-bond donors (Lipinski definition) is 0. The standard InChI is InChI=1S/C13H15ClN2O2/c1-13(2,3)16-11(17)8-15(12(16)18)10-6-4-5-9(14)7-10/h4-7H,8H2,1-3H3. The topological polar surface area (TPSA) is 40.6 Å². The molecule has 5 heteroatoms. The molecule has 0 N–H and O–H groups in total. The van der Waals surface area contributed by atoms with Crippen LogP contribution in [-0.4, -0.2) is 28.9 Å². The number of hydrogen-bond acceptors (Lipinski definition) is 2. The molecule has 0 spiro atoms. The third-order valence-electron chi connectivity index (χ3n) is 2.76. The second kappa shape index (κ2) is 4.28. The van der Waals surface area contributed by atoms with Gasteiger partial charge in [0.2, 0.25) is 0 Å². The van der Waals surface area contributed by atoms with Gasteiger partial charge in [-0.2, -0.15) is 0 Å². The van der Waals surface area contributed by atoms with Crippen molar-refractivity contribution < 1.29 is 9.59 Å². The van der Waals surface area contributed by atoms with E-state index in [0.717, 1.165) is 0 Å². The van der Waals surface area contributed by atoms with Crippen LogP contribution in [0.15, 0.2) is 24.3 Å². The van der Waals surface area contributed by atoms with Crippen molar-refractivity contribution in [1.82, 2.24) is 4.90 Å². The van der Waals surface area contributed by atoms with Crippen LogP contribution in [0, 0.1) is 0 Å². The fourth-order valence-corrected chi connectivity index (χ4v) is 2.19. The van der Waals surface area contributed by atoms with E-state index in [1.165, 1.54) is 9.80 Å². The van der Waals surface area contributed by atoms with Crippen LogP contribution in [0.4, 0.5) is 10.5 Å². The summed E-state index contributed by atoms with van der Waals surface area (Å²) >= 11 is 5.90. The molecular formula is C13H15ClN2O2. The van der Waals surface area contributed by atoms with E-state index in [-0.39, 0.29) is 18.5 Å². The Bertz CT molecular complexity index is 508. The van der Waals surface area contributed by atoms with Gasteiger partial charge in [0.25, 0.3) is 5.91 Å². The average Bonchev–Trinajstić information content (AvgIpc) is 2.53. The molecule has 1 fully saturated rings. The van der Waals surface area contributed by atoms with Crippen molar-refractivity contribution >= 4 is 29.2 Å². The van der Waals surface area contributed by atoms with Gasteiger partial charge in [0.15, 0.2) is 0 Å². The first-order valence-corrected chi connectivity index (χ1v) is 6.08. The minimum Gasteiger partial charge on any atom is -0.284 e. The summed E-state index contributed by atoms with van der Waals surface area (Å²) in [6.07, 6.45) is 0. The molecule has 0 aliphatic carbocycles. The van der Waals surface area contributed by atoms with Crippen LogP contribution in [0.1, 0.15) is 20.8 Å². The first-order chi connectivity index (χ1) is 8.30. The first kappa shape index (κ1) is 12.9. The van der Waals surface area contributed by atoms with E-state index in [0.29, 0.717) is 10.7 Å². The number of amides is 3. The SMILES string of the molecule is CC(C)(C)N1C(=O)CN(c2cccc(Cl)c2)C1=O. The Labute approximate surface area is 111 Å². The summed E-state index contributed by atoms with van der Waals surface area (Å²) in [4.78, 5) is 26.9. The highest BCUT2D eigenvalue weighted by Crippen LogP contribution is 2.27. The minimum absolute atomic E-state index is 0.0659. The summed E-state index contributed by atoms with van der Waals surface area (Å²) in [5.41, 5.74) is 0.134. The molecule has 1 aromatic rings. The fourth-order valence-electron chi connectivity index (χ4n) is 2.01. The van der Waals surface area contributed by atoms with Crippen molar-refractivity contribution in [1.29, 1.82) is 0 Å². The molecule has 2 rings (SSSR count). The first-order valence-electron chi connectivity index (χ1n) is 5.71. The van der Waals surface area contributed by atoms with E-state index in [1.807, 2.05) is 20.8 Å². The second-order valence-corrected chi connectivity index (χ2v) is 5.68. The second-order valence-electron chi connectivity index (χ2n) is 5.25. The van der Waals surface area contributed by atoms with Crippen molar-refractivity contribution in [3.63, 3.8) is 0 Å². The summed E-state index contributed by atoms with van der Waals surface area (Å²) in [6.45, 7) is 5.58. The summed E-state index contributed by atoms with van der Waals surface area (Å²) in [5.74, 6) is -0.188. The predicted molar refractivity (Wildman–Crippen MR) is 70.8 cm³/mol. The Kier molecular flexibility index (Phi) is 3.07. The van der Waals surface area contributed by atoms with Crippen molar-refractivity contribution in [2.75, 3.05) is 11.4 Å². The van der Waals surface area contributed by atoms with Crippen molar-refractivity contribution in [3.05, 3.63) is 29.3 Å². The zero-order valence-corrected chi connectivity index (χ0v) is 11.4. The van der Waals surface area contributed by atoms with E-state index >= 15 is 0 Å². The van der Waals surface area contributed by atoms with E-state index in [2.05, 4.69) is 0 Å². The van der Waals surface area contributed by atoms with Gasteiger partial charge in [0.1, 0.15) is 6.54 Å². The molecule has 3 amide bonds.